The Kier molecular flexibility index (Phi) is 4.62. The van der Waals surface area contributed by atoms with Gasteiger partial charge in [0.15, 0.2) is 0 Å². The molecule has 0 saturated carbocycles. The van der Waals surface area contributed by atoms with E-state index in [4.69, 9.17) is 27.9 Å². The number of carbonyl (C=O) groups excluding carboxylic acids is 2. The molecule has 2 aromatic carbocycles. The summed E-state index contributed by atoms with van der Waals surface area (Å²) >= 11 is 12.0. The van der Waals surface area contributed by atoms with Crippen molar-refractivity contribution in [3.63, 3.8) is 0 Å². The highest BCUT2D eigenvalue weighted by molar-refractivity contribution is 6.35. The van der Waals surface area contributed by atoms with Gasteiger partial charge in [0.2, 0.25) is 0 Å². The average Bonchev–Trinajstić information content (AvgIpc) is 2.81. The van der Waals surface area contributed by atoms with Crippen LogP contribution in [0.4, 0.5) is 4.79 Å². The molecule has 1 atom stereocenters. The number of nitrogens with one attached hydrogen (secondary N) is 1. The number of benzene rings is 2. The van der Waals surface area contributed by atoms with Gasteiger partial charge in [0.25, 0.3) is 5.91 Å². The summed E-state index contributed by atoms with van der Waals surface area (Å²) in [5, 5.41) is 3.66. The summed E-state index contributed by atoms with van der Waals surface area (Å²) in [7, 11) is 1.55. The highest BCUT2D eigenvalue weighted by atomic mass is 35.5. The Hall–Kier alpha value is -2.24. The Bertz CT molecular complexity index is 856. The summed E-state index contributed by atoms with van der Waals surface area (Å²) in [4.78, 5) is 26.5. The lowest BCUT2D eigenvalue weighted by atomic mass is 9.92. The molecule has 2 aromatic rings. The SMILES string of the molecule is COc1cccc(C2(C)NC(=O)N(Cc3ccc(Cl)cc3Cl)C2=O)c1. The molecular weight excluding hydrogens is 363 g/mol. The molecule has 25 heavy (non-hydrogen) atoms. The monoisotopic (exact) mass is 378 g/mol. The van der Waals surface area contributed by atoms with Gasteiger partial charge in [-0.25, -0.2) is 4.79 Å². The molecule has 0 spiro atoms. The Balaban J connectivity index is 1.91. The first-order valence-corrected chi connectivity index (χ1v) is 8.33. The van der Waals surface area contributed by atoms with E-state index >= 15 is 0 Å². The van der Waals surface area contributed by atoms with Crippen LogP contribution < -0.4 is 10.1 Å². The first kappa shape index (κ1) is 17.6. The van der Waals surface area contributed by atoms with Crippen molar-refractivity contribution in [1.29, 1.82) is 0 Å². The zero-order chi connectivity index (χ0) is 18.2. The third-order valence-corrected chi connectivity index (χ3v) is 4.85. The fraction of sp³-hybridized carbons (Fsp3) is 0.222. The Morgan fingerprint density at radius 2 is 1.92 bits per heavy atom. The maximum Gasteiger partial charge on any atom is 0.325 e. The van der Waals surface area contributed by atoms with Crippen LogP contribution in [0.5, 0.6) is 5.75 Å². The molecule has 1 unspecified atom stereocenters. The summed E-state index contributed by atoms with van der Waals surface area (Å²) in [6, 6.07) is 11.5. The molecule has 0 aliphatic carbocycles. The van der Waals surface area contributed by atoms with Crippen molar-refractivity contribution in [1.82, 2.24) is 10.2 Å². The fourth-order valence-corrected chi connectivity index (χ4v) is 3.26. The highest BCUT2D eigenvalue weighted by Crippen LogP contribution is 2.32. The van der Waals surface area contributed by atoms with Crippen LogP contribution in [0, 0.1) is 0 Å². The fourth-order valence-electron chi connectivity index (χ4n) is 2.79. The van der Waals surface area contributed by atoms with Crippen molar-refractivity contribution in [3.8, 4) is 5.75 Å². The van der Waals surface area contributed by atoms with E-state index in [0.717, 1.165) is 4.90 Å². The van der Waals surface area contributed by atoms with Crippen LogP contribution in [0.1, 0.15) is 18.1 Å². The lowest BCUT2D eigenvalue weighted by molar-refractivity contribution is -0.131. The number of amides is 3. The number of hydrogen-bond donors (Lipinski definition) is 1. The number of carbonyl (C=O) groups is 2. The Labute approximate surface area is 155 Å². The maximum absolute atomic E-state index is 13.0. The van der Waals surface area contributed by atoms with Gasteiger partial charge in [-0.1, -0.05) is 41.4 Å². The molecule has 3 amide bonds. The van der Waals surface area contributed by atoms with Crippen LogP contribution in [0.25, 0.3) is 0 Å². The summed E-state index contributed by atoms with van der Waals surface area (Å²) in [6.07, 6.45) is 0. The van der Waals surface area contributed by atoms with Crippen LogP contribution >= 0.6 is 23.2 Å². The molecule has 7 heteroatoms. The molecule has 1 N–H and O–H groups in total. The van der Waals surface area contributed by atoms with Crippen LogP contribution in [0.15, 0.2) is 42.5 Å². The van der Waals surface area contributed by atoms with Crippen molar-refractivity contribution in [2.45, 2.75) is 19.0 Å². The highest BCUT2D eigenvalue weighted by Gasteiger charge is 2.49. The van der Waals surface area contributed by atoms with Crippen molar-refractivity contribution in [3.05, 3.63) is 63.6 Å². The molecular formula is C18H16Cl2N2O3. The van der Waals surface area contributed by atoms with Crippen molar-refractivity contribution < 1.29 is 14.3 Å². The molecule has 5 nitrogen and oxygen atoms in total. The summed E-state index contributed by atoms with van der Waals surface area (Å²) in [6.45, 7) is 1.74. The standard InChI is InChI=1S/C18H16Cl2N2O3/c1-18(12-4-3-5-14(8-12)25-2)16(23)22(17(24)21-18)10-11-6-7-13(19)9-15(11)20/h3-9H,10H2,1-2H3,(H,21,24). The normalized spacial score (nSPS) is 19.9. The van der Waals surface area contributed by atoms with Gasteiger partial charge >= 0.3 is 6.03 Å². The number of rotatable bonds is 4. The number of hydrogen-bond acceptors (Lipinski definition) is 3. The maximum atomic E-state index is 13.0. The van der Waals surface area contributed by atoms with E-state index in [2.05, 4.69) is 5.32 Å². The second-order valence-corrected chi connectivity index (χ2v) is 6.76. The zero-order valence-electron chi connectivity index (χ0n) is 13.7. The minimum Gasteiger partial charge on any atom is -0.497 e. The molecule has 1 aliphatic rings. The Morgan fingerprint density at radius 3 is 2.60 bits per heavy atom. The number of imide groups is 1. The van der Waals surface area contributed by atoms with E-state index < -0.39 is 11.6 Å². The summed E-state index contributed by atoms with van der Waals surface area (Å²) in [5.74, 6) is 0.261. The molecule has 1 saturated heterocycles. The van der Waals surface area contributed by atoms with E-state index in [1.807, 2.05) is 0 Å². The first-order chi connectivity index (χ1) is 11.8. The van der Waals surface area contributed by atoms with E-state index in [-0.39, 0.29) is 12.5 Å². The predicted octanol–water partition coefficient (Wildman–Crippen LogP) is 3.97. The van der Waals surface area contributed by atoms with Crippen molar-refractivity contribution in [2.75, 3.05) is 7.11 Å². The van der Waals surface area contributed by atoms with E-state index in [0.29, 0.717) is 26.9 Å². The van der Waals surface area contributed by atoms with Crippen LogP contribution in [-0.4, -0.2) is 23.9 Å². The van der Waals surface area contributed by atoms with E-state index in [1.165, 1.54) is 0 Å². The summed E-state index contributed by atoms with van der Waals surface area (Å²) < 4.78 is 5.20. The largest absolute Gasteiger partial charge is 0.497 e. The first-order valence-electron chi connectivity index (χ1n) is 7.57. The third kappa shape index (κ3) is 3.17. The van der Waals surface area contributed by atoms with Crippen LogP contribution in [-0.2, 0) is 16.9 Å². The molecule has 0 bridgehead atoms. The zero-order valence-corrected chi connectivity index (χ0v) is 15.2. The van der Waals surface area contributed by atoms with Gasteiger partial charge in [0, 0.05) is 10.0 Å². The number of urea groups is 1. The van der Waals surface area contributed by atoms with Gasteiger partial charge in [0.1, 0.15) is 11.3 Å². The van der Waals surface area contributed by atoms with E-state index in [9.17, 15) is 9.59 Å². The van der Waals surface area contributed by atoms with Gasteiger partial charge < -0.3 is 10.1 Å². The van der Waals surface area contributed by atoms with Gasteiger partial charge in [-0.15, -0.1) is 0 Å². The van der Waals surface area contributed by atoms with E-state index in [1.54, 1.807) is 56.5 Å². The van der Waals surface area contributed by atoms with Crippen molar-refractivity contribution >= 4 is 35.1 Å². The molecule has 1 aliphatic heterocycles. The topological polar surface area (TPSA) is 58.6 Å². The van der Waals surface area contributed by atoms with Gasteiger partial charge in [0.05, 0.1) is 13.7 Å². The Morgan fingerprint density at radius 1 is 1.16 bits per heavy atom. The average molecular weight is 379 g/mol. The lowest BCUT2D eigenvalue weighted by Gasteiger charge is -2.23. The number of methoxy groups -OCH3 is 1. The van der Waals surface area contributed by atoms with Gasteiger partial charge in [-0.2, -0.15) is 0 Å². The molecule has 1 heterocycles. The minimum atomic E-state index is -1.16. The quantitative estimate of drug-likeness (QED) is 0.818. The lowest BCUT2D eigenvalue weighted by Crippen LogP contribution is -2.40. The second kappa shape index (κ2) is 6.58. The number of nitrogens with zero attached hydrogens (tertiary/aromatic N) is 1. The van der Waals surface area contributed by atoms with Gasteiger partial charge in [-0.3, -0.25) is 9.69 Å². The van der Waals surface area contributed by atoms with Crippen molar-refractivity contribution in [2.24, 2.45) is 0 Å². The van der Waals surface area contributed by atoms with Crippen LogP contribution in [0.2, 0.25) is 10.0 Å². The predicted molar refractivity (Wildman–Crippen MR) is 95.9 cm³/mol. The van der Waals surface area contributed by atoms with Crippen LogP contribution in [0.3, 0.4) is 0 Å². The molecule has 0 aromatic heterocycles. The summed E-state index contributed by atoms with van der Waals surface area (Å²) in [5.41, 5.74) is 0.129. The molecule has 1 fully saturated rings. The molecule has 3 rings (SSSR count). The second-order valence-electron chi connectivity index (χ2n) is 5.91. The third-order valence-electron chi connectivity index (χ3n) is 4.27. The number of ether oxygens (including phenoxy) is 1. The van der Waals surface area contributed by atoms with Gasteiger partial charge in [-0.05, 0) is 42.3 Å². The molecule has 0 radical (unpaired) electrons. The molecule has 130 valence electrons. The smallest absolute Gasteiger partial charge is 0.325 e. The minimum absolute atomic E-state index is 0.0697. The number of halogens is 2.